The van der Waals surface area contributed by atoms with Crippen molar-refractivity contribution in [3.63, 3.8) is 0 Å². The second-order valence-corrected chi connectivity index (χ2v) is 6.83. The molecule has 126 valence electrons. The summed E-state index contributed by atoms with van der Waals surface area (Å²) >= 11 is 0. The molecule has 1 aliphatic heterocycles. The van der Waals surface area contributed by atoms with Crippen molar-refractivity contribution in [1.82, 2.24) is 0 Å². The van der Waals surface area contributed by atoms with E-state index < -0.39 is 30.0 Å². The van der Waals surface area contributed by atoms with Gasteiger partial charge >= 0.3 is 7.12 Å². The van der Waals surface area contributed by atoms with Gasteiger partial charge in [0.25, 0.3) is 0 Å². The average molecular weight is 332 g/mol. The van der Waals surface area contributed by atoms with Crippen molar-refractivity contribution >= 4 is 12.6 Å². The van der Waals surface area contributed by atoms with E-state index in [1.54, 1.807) is 24.3 Å². The first-order chi connectivity index (χ1) is 11.2. The lowest BCUT2D eigenvalue weighted by molar-refractivity contribution is 0.00578. The van der Waals surface area contributed by atoms with E-state index in [-0.39, 0.29) is 5.75 Å². The van der Waals surface area contributed by atoms with Gasteiger partial charge in [-0.3, -0.25) is 0 Å². The van der Waals surface area contributed by atoms with E-state index >= 15 is 0 Å². The maximum Gasteiger partial charge on any atom is 0.494 e. The van der Waals surface area contributed by atoms with Gasteiger partial charge in [-0.15, -0.1) is 0 Å². The zero-order valence-electron chi connectivity index (χ0n) is 14.1. The van der Waals surface area contributed by atoms with Crippen molar-refractivity contribution in [2.45, 2.75) is 38.9 Å². The molecule has 1 heterocycles. The fourth-order valence-electron chi connectivity index (χ4n) is 2.36. The summed E-state index contributed by atoms with van der Waals surface area (Å²) in [6, 6.07) is 10.2. The number of hydrogen-bond acceptors (Lipinski definition) is 3. The monoisotopic (exact) mass is 332 g/mol. The Bertz CT molecular complexity index is 728. The fraction of sp³-hybridized carbons (Fsp3) is 0.333. The van der Waals surface area contributed by atoms with Crippen LogP contribution >= 0.6 is 0 Å². The minimum absolute atomic E-state index is 0.0280. The van der Waals surface area contributed by atoms with E-state index in [4.69, 9.17) is 14.0 Å². The van der Waals surface area contributed by atoms with E-state index in [9.17, 15) is 8.78 Å². The predicted octanol–water partition coefficient (Wildman–Crippen LogP) is 4.06. The first-order valence-electron chi connectivity index (χ1n) is 7.76. The SMILES string of the molecule is CC1(C)OB(c2ccc(Oc3ccc(F)cc3F)cc2)OC1(C)C. The smallest absolute Gasteiger partial charge is 0.454 e. The molecular formula is C18H19BF2O3. The lowest BCUT2D eigenvalue weighted by atomic mass is 9.79. The molecule has 0 unspecified atom stereocenters. The Morgan fingerprint density at radius 3 is 2.00 bits per heavy atom. The summed E-state index contributed by atoms with van der Waals surface area (Å²) in [5.74, 6) is -0.971. The van der Waals surface area contributed by atoms with Gasteiger partial charge in [-0.05, 0) is 57.4 Å². The second-order valence-electron chi connectivity index (χ2n) is 6.83. The molecule has 1 saturated heterocycles. The fourth-order valence-corrected chi connectivity index (χ4v) is 2.36. The average Bonchev–Trinajstić information content (AvgIpc) is 2.71. The highest BCUT2D eigenvalue weighted by atomic mass is 19.1. The molecule has 0 atom stereocenters. The molecule has 3 nitrogen and oxygen atoms in total. The van der Waals surface area contributed by atoms with Gasteiger partial charge in [-0.25, -0.2) is 8.78 Å². The summed E-state index contributed by atoms with van der Waals surface area (Å²) in [6.07, 6.45) is 0. The Balaban J connectivity index is 1.75. The largest absolute Gasteiger partial charge is 0.494 e. The molecule has 2 aromatic rings. The molecule has 2 aromatic carbocycles. The molecule has 0 amide bonds. The van der Waals surface area contributed by atoms with Crippen LogP contribution < -0.4 is 10.2 Å². The van der Waals surface area contributed by atoms with Crippen molar-refractivity contribution in [3.8, 4) is 11.5 Å². The van der Waals surface area contributed by atoms with E-state index in [1.807, 2.05) is 27.7 Å². The Kier molecular flexibility index (Phi) is 4.14. The van der Waals surface area contributed by atoms with Crippen LogP contribution in [0.15, 0.2) is 42.5 Å². The van der Waals surface area contributed by atoms with Crippen LogP contribution in [-0.4, -0.2) is 18.3 Å². The zero-order valence-corrected chi connectivity index (χ0v) is 14.1. The summed E-state index contributed by atoms with van der Waals surface area (Å²) in [5.41, 5.74) is 0.0225. The van der Waals surface area contributed by atoms with Gasteiger partial charge in [0, 0.05) is 6.07 Å². The van der Waals surface area contributed by atoms with E-state index in [0.29, 0.717) is 5.75 Å². The van der Waals surface area contributed by atoms with Gasteiger partial charge in [-0.1, -0.05) is 12.1 Å². The van der Waals surface area contributed by atoms with E-state index in [0.717, 1.165) is 17.6 Å². The van der Waals surface area contributed by atoms with Crippen LogP contribution in [0.2, 0.25) is 0 Å². The van der Waals surface area contributed by atoms with Crippen molar-refractivity contribution in [1.29, 1.82) is 0 Å². The van der Waals surface area contributed by atoms with Gasteiger partial charge in [0.2, 0.25) is 0 Å². The molecule has 0 aromatic heterocycles. The van der Waals surface area contributed by atoms with Crippen molar-refractivity contribution in [2.75, 3.05) is 0 Å². The Labute approximate surface area is 140 Å². The van der Waals surface area contributed by atoms with Crippen LogP contribution in [0.1, 0.15) is 27.7 Å². The first kappa shape index (κ1) is 16.9. The minimum atomic E-state index is -0.745. The summed E-state index contributed by atoms with van der Waals surface area (Å²) < 4.78 is 43.9. The van der Waals surface area contributed by atoms with E-state index in [2.05, 4.69) is 0 Å². The van der Waals surface area contributed by atoms with Crippen LogP contribution in [0, 0.1) is 11.6 Å². The first-order valence-corrected chi connectivity index (χ1v) is 7.76. The van der Waals surface area contributed by atoms with Gasteiger partial charge in [0.05, 0.1) is 11.2 Å². The summed E-state index contributed by atoms with van der Waals surface area (Å²) in [7, 11) is -0.466. The molecule has 0 spiro atoms. The molecule has 0 bridgehead atoms. The normalized spacial score (nSPS) is 18.7. The Hall–Kier alpha value is -1.92. The molecule has 3 rings (SSSR count). The topological polar surface area (TPSA) is 27.7 Å². The second kappa shape index (κ2) is 5.86. The number of hydrogen-bond donors (Lipinski definition) is 0. The van der Waals surface area contributed by atoms with Crippen molar-refractivity contribution in [3.05, 3.63) is 54.1 Å². The summed E-state index contributed by atoms with van der Waals surface area (Å²) in [4.78, 5) is 0. The predicted molar refractivity (Wildman–Crippen MR) is 88.6 cm³/mol. The molecule has 1 aliphatic rings. The third kappa shape index (κ3) is 3.16. The maximum absolute atomic E-state index is 13.6. The zero-order chi connectivity index (χ0) is 17.5. The van der Waals surface area contributed by atoms with Crippen LogP contribution in [-0.2, 0) is 9.31 Å². The highest BCUT2D eigenvalue weighted by Gasteiger charge is 2.51. The molecule has 0 aliphatic carbocycles. The standard InChI is InChI=1S/C18H19BF2O3/c1-17(2)18(3,4)24-19(23-17)12-5-8-14(9-6-12)22-16-10-7-13(20)11-15(16)21/h5-11H,1-4H3. The van der Waals surface area contributed by atoms with Crippen LogP contribution in [0.25, 0.3) is 0 Å². The third-order valence-corrected chi connectivity index (χ3v) is 4.53. The molecule has 0 saturated carbocycles. The van der Waals surface area contributed by atoms with Crippen LogP contribution in [0.5, 0.6) is 11.5 Å². The van der Waals surface area contributed by atoms with Gasteiger partial charge in [-0.2, -0.15) is 0 Å². The maximum atomic E-state index is 13.6. The third-order valence-electron chi connectivity index (χ3n) is 4.53. The number of ether oxygens (including phenoxy) is 1. The van der Waals surface area contributed by atoms with Crippen molar-refractivity contribution in [2.24, 2.45) is 0 Å². The molecule has 1 fully saturated rings. The Morgan fingerprint density at radius 1 is 0.875 bits per heavy atom. The minimum Gasteiger partial charge on any atom is -0.454 e. The Morgan fingerprint density at radius 2 is 1.46 bits per heavy atom. The number of rotatable bonds is 3. The van der Waals surface area contributed by atoms with Crippen molar-refractivity contribution < 1.29 is 22.8 Å². The van der Waals surface area contributed by atoms with Crippen LogP contribution in [0.4, 0.5) is 8.78 Å². The lowest BCUT2D eigenvalue weighted by Gasteiger charge is -2.32. The number of benzene rings is 2. The number of halogens is 2. The molecule has 6 heteroatoms. The summed E-state index contributed by atoms with van der Waals surface area (Å²) in [5, 5.41) is 0. The van der Waals surface area contributed by atoms with Crippen LogP contribution in [0.3, 0.4) is 0 Å². The van der Waals surface area contributed by atoms with Gasteiger partial charge in [0.1, 0.15) is 11.6 Å². The van der Waals surface area contributed by atoms with E-state index in [1.165, 1.54) is 6.07 Å². The highest BCUT2D eigenvalue weighted by molar-refractivity contribution is 6.62. The van der Waals surface area contributed by atoms with Gasteiger partial charge in [0.15, 0.2) is 11.6 Å². The quantitative estimate of drug-likeness (QED) is 0.794. The summed E-state index contributed by atoms with van der Waals surface area (Å²) in [6.45, 7) is 7.95. The molecular weight excluding hydrogens is 313 g/mol. The van der Waals surface area contributed by atoms with Gasteiger partial charge < -0.3 is 14.0 Å². The molecule has 0 radical (unpaired) electrons. The highest BCUT2D eigenvalue weighted by Crippen LogP contribution is 2.36. The molecule has 0 N–H and O–H groups in total. The molecule has 24 heavy (non-hydrogen) atoms. The lowest BCUT2D eigenvalue weighted by Crippen LogP contribution is -2.41.